The monoisotopic (exact) mass is 340 g/mol. The minimum atomic E-state index is -3.58. The molecule has 0 aliphatic carbocycles. The van der Waals surface area contributed by atoms with Gasteiger partial charge in [0.05, 0.1) is 10.5 Å². The molecular formula is C15H20N2O5S. The lowest BCUT2D eigenvalue weighted by Gasteiger charge is -2.45. The third-order valence-electron chi connectivity index (χ3n) is 4.50. The summed E-state index contributed by atoms with van der Waals surface area (Å²) in [7, 11) is -3.58. The molecule has 0 aromatic heterocycles. The van der Waals surface area contributed by atoms with Gasteiger partial charge in [-0.25, -0.2) is 13.2 Å². The summed E-state index contributed by atoms with van der Waals surface area (Å²) in [6, 6.07) is 8.26. The summed E-state index contributed by atoms with van der Waals surface area (Å²) in [5, 5.41) is 12.2. The lowest BCUT2D eigenvalue weighted by atomic mass is 9.90. The van der Waals surface area contributed by atoms with Crippen LogP contribution in [0.15, 0.2) is 35.2 Å². The fraction of sp³-hybridized carbons (Fsp3) is 0.533. The van der Waals surface area contributed by atoms with E-state index in [-0.39, 0.29) is 11.4 Å². The van der Waals surface area contributed by atoms with Gasteiger partial charge in [0, 0.05) is 26.2 Å². The van der Waals surface area contributed by atoms with Crippen LogP contribution in [-0.2, 0) is 14.6 Å². The lowest BCUT2D eigenvalue weighted by molar-refractivity contribution is -0.112. The maximum atomic E-state index is 12.7. The Labute approximate surface area is 135 Å². The van der Waals surface area contributed by atoms with Crippen molar-refractivity contribution in [2.75, 3.05) is 26.2 Å². The molecule has 2 heterocycles. The molecule has 1 spiro atoms. The third-order valence-corrected chi connectivity index (χ3v) is 6.39. The van der Waals surface area contributed by atoms with Gasteiger partial charge in [-0.2, -0.15) is 0 Å². The first-order valence-corrected chi connectivity index (χ1v) is 9.13. The number of sulfone groups is 1. The molecule has 1 unspecified atom stereocenters. The lowest BCUT2D eigenvalue weighted by Crippen LogP contribution is -2.60. The van der Waals surface area contributed by atoms with Gasteiger partial charge in [-0.3, -0.25) is 0 Å². The Balaban J connectivity index is 1.75. The Bertz CT molecular complexity index is 668. The summed E-state index contributed by atoms with van der Waals surface area (Å²) in [4.78, 5) is 12.6. The molecule has 2 aliphatic heterocycles. The predicted molar refractivity (Wildman–Crippen MR) is 82.9 cm³/mol. The van der Waals surface area contributed by atoms with Crippen LogP contribution >= 0.6 is 0 Å². The van der Waals surface area contributed by atoms with Crippen molar-refractivity contribution in [1.29, 1.82) is 0 Å². The first-order chi connectivity index (χ1) is 10.9. The number of hydrogen-bond acceptors (Lipinski definition) is 5. The summed E-state index contributed by atoms with van der Waals surface area (Å²) in [5.41, 5.74) is -1.56. The van der Waals surface area contributed by atoms with E-state index < -0.39 is 27.0 Å². The molecule has 8 heteroatoms. The highest BCUT2D eigenvalue weighted by Gasteiger charge is 2.44. The standard InChI is InChI=1S/C15H20N2O5S/c18-14(19)17-8-6-15(7-9-17)11-16-10-13(22-15)23(20,21)12-4-2-1-3-5-12/h1-5,13,16H,6-11H2,(H,18,19). The quantitative estimate of drug-likeness (QED) is 0.831. The number of morpholine rings is 1. The number of hydrogen-bond donors (Lipinski definition) is 2. The number of piperidine rings is 1. The molecule has 2 saturated heterocycles. The molecule has 0 radical (unpaired) electrons. The Morgan fingerprint density at radius 1 is 1.26 bits per heavy atom. The summed E-state index contributed by atoms with van der Waals surface area (Å²) in [5.74, 6) is 0. The molecule has 2 N–H and O–H groups in total. The second-order valence-electron chi connectivity index (χ2n) is 5.99. The van der Waals surface area contributed by atoms with Gasteiger partial charge in [-0.05, 0) is 25.0 Å². The minimum Gasteiger partial charge on any atom is -0.465 e. The molecule has 126 valence electrons. The van der Waals surface area contributed by atoms with Crippen LogP contribution in [-0.4, -0.2) is 61.7 Å². The first kappa shape index (κ1) is 16.2. The van der Waals surface area contributed by atoms with Crippen molar-refractivity contribution in [3.05, 3.63) is 30.3 Å². The summed E-state index contributed by atoms with van der Waals surface area (Å²) in [6.45, 7) is 1.49. The zero-order valence-corrected chi connectivity index (χ0v) is 13.5. The molecule has 3 rings (SSSR count). The Morgan fingerprint density at radius 3 is 2.52 bits per heavy atom. The zero-order valence-electron chi connectivity index (χ0n) is 12.6. The van der Waals surface area contributed by atoms with Gasteiger partial charge in [0.2, 0.25) is 9.84 Å². The van der Waals surface area contributed by atoms with Crippen LogP contribution in [0.3, 0.4) is 0 Å². The van der Waals surface area contributed by atoms with E-state index in [1.807, 2.05) is 0 Å². The fourth-order valence-corrected chi connectivity index (χ4v) is 4.62. The van der Waals surface area contributed by atoms with Crippen LogP contribution in [0.5, 0.6) is 0 Å². The molecule has 1 atom stereocenters. The zero-order chi connectivity index (χ0) is 16.5. The number of rotatable bonds is 2. The molecular weight excluding hydrogens is 320 g/mol. The van der Waals surface area contributed by atoms with Crippen LogP contribution in [0.25, 0.3) is 0 Å². The van der Waals surface area contributed by atoms with Crippen LogP contribution in [0.4, 0.5) is 4.79 Å². The van der Waals surface area contributed by atoms with Crippen molar-refractivity contribution in [3.8, 4) is 0 Å². The van der Waals surface area contributed by atoms with Crippen LogP contribution in [0.2, 0.25) is 0 Å². The molecule has 0 saturated carbocycles. The molecule has 23 heavy (non-hydrogen) atoms. The molecule has 0 bridgehead atoms. The predicted octanol–water partition coefficient (Wildman–Crippen LogP) is 0.919. The van der Waals surface area contributed by atoms with Crippen molar-refractivity contribution in [2.24, 2.45) is 0 Å². The maximum Gasteiger partial charge on any atom is 0.407 e. The van der Waals surface area contributed by atoms with Gasteiger partial charge in [0.15, 0.2) is 5.44 Å². The number of nitrogens with zero attached hydrogens (tertiary/aromatic N) is 1. The number of nitrogens with one attached hydrogen (secondary N) is 1. The van der Waals surface area contributed by atoms with Crippen molar-refractivity contribution in [3.63, 3.8) is 0 Å². The fourth-order valence-electron chi connectivity index (χ4n) is 3.12. The normalized spacial score (nSPS) is 24.5. The smallest absolute Gasteiger partial charge is 0.407 e. The number of ether oxygens (including phenoxy) is 1. The van der Waals surface area contributed by atoms with Gasteiger partial charge >= 0.3 is 6.09 Å². The highest BCUT2D eigenvalue weighted by Crippen LogP contribution is 2.32. The maximum absolute atomic E-state index is 12.7. The van der Waals surface area contributed by atoms with E-state index in [4.69, 9.17) is 9.84 Å². The van der Waals surface area contributed by atoms with E-state index in [0.717, 1.165) is 0 Å². The van der Waals surface area contributed by atoms with Gasteiger partial charge < -0.3 is 20.1 Å². The average Bonchev–Trinajstić information content (AvgIpc) is 2.56. The third kappa shape index (κ3) is 3.19. The Morgan fingerprint density at radius 2 is 1.91 bits per heavy atom. The SMILES string of the molecule is O=C(O)N1CCC2(CC1)CNCC(S(=O)(=O)c1ccccc1)O2. The Hall–Kier alpha value is -1.64. The molecule has 2 fully saturated rings. The second-order valence-corrected chi connectivity index (χ2v) is 8.08. The van der Waals surface area contributed by atoms with E-state index in [9.17, 15) is 13.2 Å². The molecule has 7 nitrogen and oxygen atoms in total. The number of benzene rings is 1. The topological polar surface area (TPSA) is 95.9 Å². The highest BCUT2D eigenvalue weighted by atomic mass is 32.2. The molecule has 2 aliphatic rings. The minimum absolute atomic E-state index is 0.238. The van der Waals surface area contributed by atoms with Gasteiger partial charge in [0.25, 0.3) is 0 Å². The van der Waals surface area contributed by atoms with Crippen molar-refractivity contribution < 1.29 is 23.1 Å². The van der Waals surface area contributed by atoms with E-state index in [2.05, 4.69) is 5.32 Å². The summed E-state index contributed by atoms with van der Waals surface area (Å²) >= 11 is 0. The molecule has 1 amide bonds. The largest absolute Gasteiger partial charge is 0.465 e. The van der Waals surface area contributed by atoms with E-state index in [1.54, 1.807) is 30.3 Å². The van der Waals surface area contributed by atoms with Crippen LogP contribution in [0.1, 0.15) is 12.8 Å². The number of amides is 1. The molecule has 1 aromatic carbocycles. The number of carboxylic acid groups (broad SMARTS) is 1. The van der Waals surface area contributed by atoms with E-state index in [0.29, 0.717) is 32.5 Å². The second kappa shape index (κ2) is 6.10. The van der Waals surface area contributed by atoms with Gasteiger partial charge in [-0.1, -0.05) is 18.2 Å². The Kier molecular flexibility index (Phi) is 4.31. The van der Waals surface area contributed by atoms with Crippen LogP contribution < -0.4 is 5.32 Å². The number of likely N-dealkylation sites (tertiary alicyclic amines) is 1. The van der Waals surface area contributed by atoms with Crippen molar-refractivity contribution in [2.45, 2.75) is 28.8 Å². The first-order valence-electron chi connectivity index (χ1n) is 7.58. The summed E-state index contributed by atoms with van der Waals surface area (Å²) < 4.78 is 31.4. The van der Waals surface area contributed by atoms with Gasteiger partial charge in [0.1, 0.15) is 0 Å². The van der Waals surface area contributed by atoms with E-state index in [1.165, 1.54) is 4.90 Å². The summed E-state index contributed by atoms with van der Waals surface area (Å²) in [6.07, 6.45) is 0.0392. The average molecular weight is 340 g/mol. The van der Waals surface area contributed by atoms with E-state index >= 15 is 0 Å². The highest BCUT2D eigenvalue weighted by molar-refractivity contribution is 7.92. The van der Waals surface area contributed by atoms with Gasteiger partial charge in [-0.15, -0.1) is 0 Å². The molecule has 1 aromatic rings. The van der Waals surface area contributed by atoms with Crippen molar-refractivity contribution >= 4 is 15.9 Å². The van der Waals surface area contributed by atoms with Crippen molar-refractivity contribution in [1.82, 2.24) is 10.2 Å². The van der Waals surface area contributed by atoms with Crippen LogP contribution in [0, 0.1) is 0 Å². The number of carbonyl (C=O) groups is 1.